The number of nitrogens with one attached hydrogen (secondary N) is 1. The maximum atomic E-state index is 6.27. The zero-order valence-electron chi connectivity index (χ0n) is 10.3. The molecule has 0 aliphatic carbocycles. The Morgan fingerprint density at radius 1 is 1.33 bits per heavy atom. The molecule has 1 aromatic carbocycles. The van der Waals surface area contributed by atoms with Crippen molar-refractivity contribution in [1.29, 1.82) is 0 Å². The molecule has 0 spiro atoms. The highest BCUT2D eigenvalue weighted by molar-refractivity contribution is 6.36. The molecule has 1 heterocycles. The molecule has 3 nitrogen and oxygen atoms in total. The molecule has 0 bridgehead atoms. The normalized spacial score (nSPS) is 12.7. The smallest absolute Gasteiger partial charge is 0.130 e. The van der Waals surface area contributed by atoms with Crippen LogP contribution >= 0.6 is 23.2 Å². The second-order valence-electron chi connectivity index (χ2n) is 4.02. The molecule has 0 fully saturated rings. The van der Waals surface area contributed by atoms with E-state index >= 15 is 0 Å². The molecular weight excluding hydrogens is 269 g/mol. The molecule has 2 aromatic rings. The minimum Gasteiger partial charge on any atom is -0.336 e. The Hall–Kier alpha value is -1.03. The Morgan fingerprint density at radius 3 is 2.50 bits per heavy atom. The molecule has 0 saturated carbocycles. The van der Waals surface area contributed by atoms with E-state index in [9.17, 15) is 0 Å². The van der Waals surface area contributed by atoms with Crippen LogP contribution in [0.3, 0.4) is 0 Å². The van der Waals surface area contributed by atoms with Crippen molar-refractivity contribution in [3.8, 4) is 0 Å². The van der Waals surface area contributed by atoms with Crippen molar-refractivity contribution in [2.75, 3.05) is 6.54 Å². The van der Waals surface area contributed by atoms with Gasteiger partial charge in [-0.3, -0.25) is 0 Å². The number of aromatic nitrogens is 2. The first-order chi connectivity index (χ1) is 8.65. The van der Waals surface area contributed by atoms with Crippen molar-refractivity contribution >= 4 is 23.2 Å². The summed E-state index contributed by atoms with van der Waals surface area (Å²) in [5, 5.41) is 4.67. The molecule has 1 N–H and O–H groups in total. The van der Waals surface area contributed by atoms with Gasteiger partial charge >= 0.3 is 0 Å². The number of imidazole rings is 1. The summed E-state index contributed by atoms with van der Waals surface area (Å²) >= 11 is 12.5. The summed E-state index contributed by atoms with van der Waals surface area (Å²) in [5.74, 6) is 0.895. The molecule has 1 unspecified atom stereocenters. The zero-order valence-corrected chi connectivity index (χ0v) is 11.8. The van der Waals surface area contributed by atoms with E-state index < -0.39 is 0 Å². The molecule has 96 valence electrons. The van der Waals surface area contributed by atoms with Crippen LogP contribution in [0.15, 0.2) is 30.6 Å². The molecule has 18 heavy (non-hydrogen) atoms. The largest absolute Gasteiger partial charge is 0.336 e. The highest BCUT2D eigenvalue weighted by Gasteiger charge is 2.22. The number of benzene rings is 1. The van der Waals surface area contributed by atoms with Gasteiger partial charge in [0, 0.05) is 35.1 Å². The fourth-order valence-corrected chi connectivity index (χ4v) is 2.58. The number of hydrogen-bond donors (Lipinski definition) is 1. The molecule has 2 rings (SSSR count). The maximum absolute atomic E-state index is 6.27. The van der Waals surface area contributed by atoms with E-state index in [1.807, 2.05) is 42.9 Å². The summed E-state index contributed by atoms with van der Waals surface area (Å²) in [5.41, 5.74) is 0.872. The summed E-state index contributed by atoms with van der Waals surface area (Å²) in [7, 11) is 1.96. The second-order valence-corrected chi connectivity index (χ2v) is 4.84. The molecule has 0 saturated heterocycles. The number of hydrogen-bond acceptors (Lipinski definition) is 2. The lowest BCUT2D eigenvalue weighted by atomic mass is 10.1. The van der Waals surface area contributed by atoms with Crippen molar-refractivity contribution in [1.82, 2.24) is 14.9 Å². The lowest BCUT2D eigenvalue weighted by Crippen LogP contribution is -2.25. The number of halogens is 2. The van der Waals surface area contributed by atoms with E-state index in [1.54, 1.807) is 6.20 Å². The minimum atomic E-state index is -0.101. The summed E-state index contributed by atoms with van der Waals surface area (Å²) < 4.78 is 1.97. The standard InChI is InChI=1S/C13H15Cl2N3/c1-3-16-12(13-17-7-8-18(13)2)11-9(14)5-4-6-10(11)15/h4-8,12,16H,3H2,1-2H3. The summed E-state index contributed by atoms with van der Waals surface area (Å²) in [6, 6.07) is 5.43. The monoisotopic (exact) mass is 283 g/mol. The predicted octanol–water partition coefficient (Wildman–Crippen LogP) is 3.43. The van der Waals surface area contributed by atoms with Crippen molar-refractivity contribution in [2.24, 2.45) is 7.05 Å². The van der Waals surface area contributed by atoms with E-state index in [0.717, 1.165) is 17.9 Å². The van der Waals surface area contributed by atoms with Gasteiger partial charge in [0.25, 0.3) is 0 Å². The molecular formula is C13H15Cl2N3. The Morgan fingerprint density at radius 2 is 2.00 bits per heavy atom. The fraction of sp³-hybridized carbons (Fsp3) is 0.308. The molecule has 0 aliphatic heterocycles. The van der Waals surface area contributed by atoms with Gasteiger partial charge in [-0.2, -0.15) is 0 Å². The highest BCUT2D eigenvalue weighted by Crippen LogP contribution is 2.33. The fourth-order valence-electron chi connectivity index (χ4n) is 1.97. The van der Waals surface area contributed by atoms with E-state index in [-0.39, 0.29) is 6.04 Å². The van der Waals surface area contributed by atoms with Crippen molar-refractivity contribution in [3.63, 3.8) is 0 Å². The van der Waals surface area contributed by atoms with Gasteiger partial charge in [-0.05, 0) is 18.7 Å². The number of aryl methyl sites for hydroxylation is 1. The third-order valence-corrected chi connectivity index (χ3v) is 3.47. The van der Waals surface area contributed by atoms with Crippen LogP contribution in [-0.4, -0.2) is 16.1 Å². The van der Waals surface area contributed by atoms with Gasteiger partial charge in [-0.1, -0.05) is 36.2 Å². The zero-order chi connectivity index (χ0) is 13.1. The van der Waals surface area contributed by atoms with E-state index in [2.05, 4.69) is 10.3 Å². The maximum Gasteiger partial charge on any atom is 0.130 e. The van der Waals surface area contributed by atoms with Gasteiger partial charge in [0.1, 0.15) is 5.82 Å². The molecule has 1 aromatic heterocycles. The average Bonchev–Trinajstić information content (AvgIpc) is 2.74. The topological polar surface area (TPSA) is 29.9 Å². The van der Waals surface area contributed by atoms with Gasteiger partial charge in [0.2, 0.25) is 0 Å². The summed E-state index contributed by atoms with van der Waals surface area (Å²) in [6.45, 7) is 2.85. The Labute approximate surface area is 117 Å². The van der Waals surface area contributed by atoms with Gasteiger partial charge in [0.05, 0.1) is 6.04 Å². The van der Waals surface area contributed by atoms with Gasteiger partial charge < -0.3 is 9.88 Å². The van der Waals surface area contributed by atoms with Crippen molar-refractivity contribution < 1.29 is 0 Å². The second kappa shape index (κ2) is 5.74. The molecule has 0 radical (unpaired) electrons. The van der Waals surface area contributed by atoms with Crippen LogP contribution in [0.5, 0.6) is 0 Å². The predicted molar refractivity (Wildman–Crippen MR) is 75.2 cm³/mol. The van der Waals surface area contributed by atoms with Gasteiger partial charge in [0.15, 0.2) is 0 Å². The molecule has 0 aliphatic rings. The van der Waals surface area contributed by atoms with Crippen molar-refractivity contribution in [3.05, 3.63) is 52.0 Å². The Bertz CT molecular complexity index is 517. The lowest BCUT2D eigenvalue weighted by molar-refractivity contribution is 0.577. The quantitative estimate of drug-likeness (QED) is 0.932. The number of rotatable bonds is 4. The average molecular weight is 284 g/mol. The van der Waals surface area contributed by atoms with Gasteiger partial charge in [-0.25, -0.2) is 4.98 Å². The van der Waals surface area contributed by atoms with Crippen LogP contribution < -0.4 is 5.32 Å². The molecule has 0 amide bonds. The third-order valence-electron chi connectivity index (χ3n) is 2.81. The summed E-state index contributed by atoms with van der Waals surface area (Å²) in [6.07, 6.45) is 3.68. The minimum absolute atomic E-state index is 0.101. The van der Waals surface area contributed by atoms with Crippen LogP contribution in [0.1, 0.15) is 24.4 Å². The van der Waals surface area contributed by atoms with Crippen LogP contribution in [0, 0.1) is 0 Å². The Kier molecular flexibility index (Phi) is 4.27. The first-order valence-corrected chi connectivity index (χ1v) is 6.55. The highest BCUT2D eigenvalue weighted by atomic mass is 35.5. The van der Waals surface area contributed by atoms with Crippen LogP contribution in [0.25, 0.3) is 0 Å². The third kappa shape index (κ3) is 2.53. The number of nitrogens with zero attached hydrogens (tertiary/aromatic N) is 2. The summed E-state index contributed by atoms with van der Waals surface area (Å²) in [4.78, 5) is 4.38. The molecule has 5 heteroatoms. The van der Waals surface area contributed by atoms with Crippen LogP contribution in [0.2, 0.25) is 10.0 Å². The van der Waals surface area contributed by atoms with Gasteiger partial charge in [-0.15, -0.1) is 0 Å². The van der Waals surface area contributed by atoms with Crippen molar-refractivity contribution in [2.45, 2.75) is 13.0 Å². The van der Waals surface area contributed by atoms with E-state index in [1.165, 1.54) is 0 Å². The van der Waals surface area contributed by atoms with Crippen LogP contribution in [-0.2, 0) is 7.05 Å². The lowest BCUT2D eigenvalue weighted by Gasteiger charge is -2.20. The SMILES string of the molecule is CCNC(c1c(Cl)cccc1Cl)c1nccn1C. The first-order valence-electron chi connectivity index (χ1n) is 5.79. The molecule has 1 atom stereocenters. The van der Waals surface area contributed by atoms with Crippen LogP contribution in [0.4, 0.5) is 0 Å². The Balaban J connectivity index is 2.52. The first kappa shape index (κ1) is 13.4. The van der Waals surface area contributed by atoms with E-state index in [0.29, 0.717) is 10.0 Å². The van der Waals surface area contributed by atoms with E-state index in [4.69, 9.17) is 23.2 Å².